The molecule has 4 rings (SSSR count). The summed E-state index contributed by atoms with van der Waals surface area (Å²) in [5, 5.41) is 17.7. The van der Waals surface area contributed by atoms with Gasteiger partial charge < -0.3 is 10.0 Å². The normalized spacial score (nSPS) is 25.1. The van der Waals surface area contributed by atoms with Crippen molar-refractivity contribution in [2.45, 2.75) is 50.7 Å². The second-order valence-corrected chi connectivity index (χ2v) is 7.20. The summed E-state index contributed by atoms with van der Waals surface area (Å²) in [6.07, 6.45) is 6.19. The van der Waals surface area contributed by atoms with E-state index in [0.717, 1.165) is 31.2 Å². The van der Waals surface area contributed by atoms with Crippen LogP contribution in [0.5, 0.6) is 0 Å². The van der Waals surface area contributed by atoms with E-state index in [1.165, 1.54) is 0 Å². The maximum Gasteiger partial charge on any atom is 0.326 e. The first-order valence-electron chi connectivity index (χ1n) is 9.13. The lowest BCUT2D eigenvalue weighted by Gasteiger charge is -2.32. The average molecular weight is 354 g/mol. The number of likely N-dealkylation sites (tertiary alicyclic amines) is 1. The van der Waals surface area contributed by atoms with Crippen molar-refractivity contribution >= 4 is 11.9 Å². The topological polar surface area (TPSA) is 88.3 Å². The molecule has 136 valence electrons. The minimum absolute atomic E-state index is 0.0108. The summed E-state index contributed by atoms with van der Waals surface area (Å²) in [5.41, 5.74) is 1.28. The lowest BCUT2D eigenvalue weighted by molar-refractivity contribution is -0.141. The molecule has 1 saturated heterocycles. The Morgan fingerprint density at radius 1 is 1.15 bits per heavy atom. The van der Waals surface area contributed by atoms with E-state index in [4.69, 9.17) is 0 Å². The number of carbonyl (C=O) groups excluding carboxylic acids is 1. The Hall–Kier alpha value is -2.70. The number of hydrogen-bond acceptors (Lipinski definition) is 4. The van der Waals surface area contributed by atoms with Crippen LogP contribution in [0.15, 0.2) is 36.5 Å². The first-order chi connectivity index (χ1) is 12.6. The summed E-state index contributed by atoms with van der Waals surface area (Å²) in [4.78, 5) is 26.3. The molecule has 1 aromatic carbocycles. The lowest BCUT2D eigenvalue weighted by atomic mass is 9.84. The van der Waals surface area contributed by atoms with Crippen molar-refractivity contribution in [2.75, 3.05) is 0 Å². The molecule has 2 fully saturated rings. The van der Waals surface area contributed by atoms with Crippen LogP contribution in [0.3, 0.4) is 0 Å². The molecule has 26 heavy (non-hydrogen) atoms. The zero-order valence-electron chi connectivity index (χ0n) is 14.5. The van der Waals surface area contributed by atoms with E-state index in [9.17, 15) is 14.7 Å². The second-order valence-electron chi connectivity index (χ2n) is 7.20. The van der Waals surface area contributed by atoms with E-state index in [2.05, 4.69) is 10.3 Å². The zero-order valence-corrected chi connectivity index (χ0v) is 14.5. The van der Waals surface area contributed by atoms with E-state index in [0.29, 0.717) is 13.0 Å². The van der Waals surface area contributed by atoms with Crippen LogP contribution in [0.1, 0.15) is 48.2 Å². The highest BCUT2D eigenvalue weighted by Crippen LogP contribution is 2.40. The van der Waals surface area contributed by atoms with Gasteiger partial charge in [0.05, 0.1) is 12.7 Å². The fraction of sp³-hybridized carbons (Fsp3) is 0.474. The van der Waals surface area contributed by atoms with E-state index < -0.39 is 12.0 Å². The van der Waals surface area contributed by atoms with Gasteiger partial charge in [0.15, 0.2) is 5.69 Å². The molecule has 1 aliphatic carbocycles. The van der Waals surface area contributed by atoms with Gasteiger partial charge in [-0.2, -0.15) is 0 Å². The molecule has 7 heteroatoms. The molecular formula is C19H22N4O3. The van der Waals surface area contributed by atoms with Crippen molar-refractivity contribution in [3.05, 3.63) is 47.8 Å². The zero-order chi connectivity index (χ0) is 18.1. The third-order valence-electron chi connectivity index (χ3n) is 5.55. The second kappa shape index (κ2) is 6.90. The van der Waals surface area contributed by atoms with E-state index in [1.807, 2.05) is 30.3 Å². The summed E-state index contributed by atoms with van der Waals surface area (Å²) in [7, 11) is 0. The van der Waals surface area contributed by atoms with Crippen LogP contribution < -0.4 is 0 Å². The molecule has 2 heterocycles. The first-order valence-corrected chi connectivity index (χ1v) is 9.13. The van der Waals surface area contributed by atoms with Crippen LogP contribution in [-0.4, -0.2) is 49.0 Å². The van der Waals surface area contributed by atoms with Crippen LogP contribution in [0, 0.1) is 5.92 Å². The Balaban J connectivity index is 1.55. The summed E-state index contributed by atoms with van der Waals surface area (Å²) in [6.45, 7) is 0.523. The Morgan fingerprint density at radius 3 is 2.69 bits per heavy atom. The van der Waals surface area contributed by atoms with Crippen molar-refractivity contribution in [3.63, 3.8) is 0 Å². The van der Waals surface area contributed by atoms with E-state index in [-0.39, 0.29) is 23.6 Å². The van der Waals surface area contributed by atoms with Gasteiger partial charge in [0.1, 0.15) is 6.04 Å². The number of aliphatic carboxylic acids is 1. The predicted octanol–water partition coefficient (Wildman–Crippen LogP) is 2.18. The van der Waals surface area contributed by atoms with Gasteiger partial charge in [-0.1, -0.05) is 48.4 Å². The molecule has 0 spiro atoms. The maximum absolute atomic E-state index is 13.0. The van der Waals surface area contributed by atoms with Crippen molar-refractivity contribution < 1.29 is 14.7 Å². The number of carbonyl (C=O) groups is 2. The molecule has 2 aliphatic rings. The molecular weight excluding hydrogens is 332 g/mol. The third-order valence-corrected chi connectivity index (χ3v) is 5.55. The number of amides is 1. The van der Waals surface area contributed by atoms with Crippen LogP contribution in [0.4, 0.5) is 0 Å². The van der Waals surface area contributed by atoms with E-state index >= 15 is 0 Å². The van der Waals surface area contributed by atoms with Crippen LogP contribution in [0.2, 0.25) is 0 Å². The Labute approximate surface area is 151 Å². The number of benzene rings is 1. The summed E-state index contributed by atoms with van der Waals surface area (Å²) >= 11 is 0. The van der Waals surface area contributed by atoms with Gasteiger partial charge in [-0.3, -0.25) is 4.79 Å². The minimum atomic E-state index is -0.926. The average Bonchev–Trinajstić information content (AvgIpc) is 3.26. The number of carboxylic acids is 1. The quantitative estimate of drug-likeness (QED) is 0.909. The number of fused-ring (bicyclic) bond motifs is 1. The van der Waals surface area contributed by atoms with Gasteiger partial charge >= 0.3 is 5.97 Å². The Morgan fingerprint density at radius 2 is 1.92 bits per heavy atom. The molecule has 1 amide bonds. The SMILES string of the molecule is O=C(O)[C@@H]1C[C@@H]2CCCC[C@@H]2N1C(=O)c1cn(Cc2ccccc2)nn1. The first kappa shape index (κ1) is 16.8. The molecule has 0 unspecified atom stereocenters. The molecule has 7 nitrogen and oxygen atoms in total. The maximum atomic E-state index is 13.0. The Bertz CT molecular complexity index is 804. The van der Waals surface area contributed by atoms with Gasteiger partial charge in [0, 0.05) is 6.04 Å². The van der Waals surface area contributed by atoms with Crippen molar-refractivity contribution in [2.24, 2.45) is 5.92 Å². The highest BCUT2D eigenvalue weighted by molar-refractivity contribution is 5.95. The lowest BCUT2D eigenvalue weighted by Crippen LogP contribution is -2.46. The highest BCUT2D eigenvalue weighted by Gasteiger charge is 2.48. The number of nitrogens with zero attached hydrogens (tertiary/aromatic N) is 4. The molecule has 1 aliphatic heterocycles. The van der Waals surface area contributed by atoms with Gasteiger partial charge in [-0.05, 0) is 30.7 Å². The minimum Gasteiger partial charge on any atom is -0.480 e. The van der Waals surface area contributed by atoms with Gasteiger partial charge in [0.2, 0.25) is 0 Å². The molecule has 0 bridgehead atoms. The molecule has 0 radical (unpaired) electrons. The third kappa shape index (κ3) is 3.09. The molecule has 1 N–H and O–H groups in total. The summed E-state index contributed by atoms with van der Waals surface area (Å²) in [6, 6.07) is 9.06. The summed E-state index contributed by atoms with van der Waals surface area (Å²) in [5.74, 6) is -0.955. The smallest absolute Gasteiger partial charge is 0.326 e. The van der Waals surface area contributed by atoms with Crippen LogP contribution >= 0.6 is 0 Å². The van der Waals surface area contributed by atoms with Crippen LogP contribution in [0.25, 0.3) is 0 Å². The van der Waals surface area contributed by atoms with Gasteiger partial charge in [-0.25, -0.2) is 9.48 Å². The fourth-order valence-corrected chi connectivity index (χ4v) is 4.35. The predicted molar refractivity (Wildman–Crippen MR) is 93.5 cm³/mol. The van der Waals surface area contributed by atoms with Crippen molar-refractivity contribution in [3.8, 4) is 0 Å². The largest absolute Gasteiger partial charge is 0.480 e. The fourth-order valence-electron chi connectivity index (χ4n) is 4.35. The number of rotatable bonds is 4. The molecule has 1 saturated carbocycles. The van der Waals surface area contributed by atoms with Crippen molar-refractivity contribution in [1.29, 1.82) is 0 Å². The Kier molecular flexibility index (Phi) is 4.44. The standard InChI is InChI=1S/C19H22N4O3/c24-18(15-12-22(21-20-15)11-13-6-2-1-3-7-13)23-16-9-5-4-8-14(16)10-17(23)19(25)26/h1-3,6-7,12,14,16-17H,4-5,8-11H2,(H,25,26)/t14-,16-,17-/m0/s1. The van der Waals surface area contributed by atoms with Gasteiger partial charge in [0.25, 0.3) is 5.91 Å². The van der Waals surface area contributed by atoms with Crippen molar-refractivity contribution in [1.82, 2.24) is 19.9 Å². The number of aromatic nitrogens is 3. The number of carboxylic acid groups (broad SMARTS) is 1. The van der Waals surface area contributed by atoms with Crippen LogP contribution in [-0.2, 0) is 11.3 Å². The monoisotopic (exact) mass is 354 g/mol. The summed E-state index contributed by atoms with van der Waals surface area (Å²) < 4.78 is 1.62. The molecule has 2 aromatic rings. The van der Waals surface area contributed by atoms with E-state index in [1.54, 1.807) is 15.8 Å². The molecule has 1 aromatic heterocycles. The molecule has 3 atom stereocenters. The highest BCUT2D eigenvalue weighted by atomic mass is 16.4. The number of hydrogen-bond donors (Lipinski definition) is 1. The van der Waals surface area contributed by atoms with Gasteiger partial charge in [-0.15, -0.1) is 5.10 Å².